The predicted octanol–water partition coefficient (Wildman–Crippen LogP) is 1.60. The molecule has 4 atom stereocenters. The number of carboxylic acid groups (broad SMARTS) is 1. The number of aliphatic carboxylic acids is 1. The van der Waals surface area contributed by atoms with E-state index in [1.807, 2.05) is 6.92 Å². The van der Waals surface area contributed by atoms with E-state index >= 15 is 0 Å². The van der Waals surface area contributed by atoms with Gasteiger partial charge in [0.05, 0.1) is 6.04 Å². The molecule has 26 heavy (non-hydrogen) atoms. The Morgan fingerprint density at radius 3 is 2.77 bits per heavy atom. The fraction of sp³-hybridized carbons (Fsp3) is 0.526. The maximum Gasteiger partial charge on any atom is 0.326 e. The fourth-order valence-corrected chi connectivity index (χ4v) is 3.94. The minimum atomic E-state index is -1.07. The summed E-state index contributed by atoms with van der Waals surface area (Å²) in [5.41, 5.74) is 1.78. The number of hydrogen-bond acceptors (Lipinski definition) is 4. The fourth-order valence-electron chi connectivity index (χ4n) is 3.94. The first-order valence-corrected chi connectivity index (χ1v) is 8.99. The highest BCUT2D eigenvalue weighted by molar-refractivity contribution is 5.92. The van der Waals surface area contributed by atoms with Gasteiger partial charge >= 0.3 is 5.97 Å². The standard InChI is InChI=1S/C19H24N2O5/c1-3-10(2)17(19(25)26)20-18(24)15-8-11-4-5-12(22)9-13(11)14-6-7-16(23)21(14)15/h4-5,9-10,14-15,17,22H,3,6-8H2,1-2H3,(H,20,24)(H,25,26)/t10-,14+,15-,17-/m0/s1. The Kier molecular flexibility index (Phi) is 4.89. The average Bonchev–Trinajstić information content (AvgIpc) is 3.00. The van der Waals surface area contributed by atoms with Crippen molar-refractivity contribution >= 4 is 17.8 Å². The number of carboxylic acids is 1. The van der Waals surface area contributed by atoms with Crippen molar-refractivity contribution in [3.8, 4) is 5.75 Å². The zero-order valence-corrected chi connectivity index (χ0v) is 14.9. The van der Waals surface area contributed by atoms with E-state index in [-0.39, 0.29) is 23.6 Å². The molecule has 0 aromatic heterocycles. The molecule has 0 saturated carbocycles. The highest BCUT2D eigenvalue weighted by Crippen LogP contribution is 2.42. The maximum atomic E-state index is 12.9. The second-order valence-electron chi connectivity index (χ2n) is 7.17. The summed E-state index contributed by atoms with van der Waals surface area (Å²) < 4.78 is 0. The van der Waals surface area contributed by atoms with Gasteiger partial charge in [0.1, 0.15) is 17.8 Å². The van der Waals surface area contributed by atoms with Crippen molar-refractivity contribution in [1.29, 1.82) is 0 Å². The van der Waals surface area contributed by atoms with Crippen LogP contribution in [0.4, 0.5) is 0 Å². The Morgan fingerprint density at radius 1 is 1.38 bits per heavy atom. The van der Waals surface area contributed by atoms with Gasteiger partial charge < -0.3 is 20.4 Å². The molecule has 2 heterocycles. The minimum absolute atomic E-state index is 0.112. The van der Waals surface area contributed by atoms with Gasteiger partial charge in [0.15, 0.2) is 0 Å². The van der Waals surface area contributed by atoms with Crippen LogP contribution in [0, 0.1) is 5.92 Å². The zero-order chi connectivity index (χ0) is 19.0. The van der Waals surface area contributed by atoms with Gasteiger partial charge in [0.25, 0.3) is 0 Å². The number of rotatable bonds is 5. The molecule has 1 fully saturated rings. The molecule has 1 saturated heterocycles. The van der Waals surface area contributed by atoms with Gasteiger partial charge in [-0.25, -0.2) is 4.79 Å². The van der Waals surface area contributed by atoms with Gasteiger partial charge in [0.2, 0.25) is 11.8 Å². The van der Waals surface area contributed by atoms with E-state index in [1.165, 1.54) is 0 Å². The van der Waals surface area contributed by atoms with E-state index in [1.54, 1.807) is 30.0 Å². The van der Waals surface area contributed by atoms with E-state index in [0.29, 0.717) is 25.7 Å². The predicted molar refractivity (Wildman–Crippen MR) is 93.4 cm³/mol. The monoisotopic (exact) mass is 360 g/mol. The smallest absolute Gasteiger partial charge is 0.326 e. The molecule has 1 aromatic rings. The van der Waals surface area contributed by atoms with Gasteiger partial charge in [-0.2, -0.15) is 0 Å². The second kappa shape index (κ2) is 6.97. The quantitative estimate of drug-likeness (QED) is 0.739. The number of amides is 2. The molecule has 3 rings (SSSR count). The van der Waals surface area contributed by atoms with Crippen LogP contribution >= 0.6 is 0 Å². The Morgan fingerprint density at radius 2 is 2.12 bits per heavy atom. The van der Waals surface area contributed by atoms with Crippen molar-refractivity contribution in [1.82, 2.24) is 10.2 Å². The van der Waals surface area contributed by atoms with Crippen molar-refractivity contribution in [2.45, 2.75) is 57.7 Å². The molecule has 2 aliphatic heterocycles. The number of aromatic hydroxyl groups is 1. The molecule has 7 heteroatoms. The average molecular weight is 360 g/mol. The van der Waals surface area contributed by atoms with Crippen LogP contribution in [-0.4, -0.2) is 45.0 Å². The summed E-state index contributed by atoms with van der Waals surface area (Å²) in [5, 5.41) is 21.8. The summed E-state index contributed by atoms with van der Waals surface area (Å²) in [6.45, 7) is 3.65. The molecule has 2 amide bonds. The number of carbonyl (C=O) groups is 3. The summed E-state index contributed by atoms with van der Waals surface area (Å²) in [6, 6.07) is 3.04. The van der Waals surface area contributed by atoms with Gasteiger partial charge in [-0.05, 0) is 35.6 Å². The maximum absolute atomic E-state index is 12.9. The Labute approximate surface area is 152 Å². The molecular weight excluding hydrogens is 336 g/mol. The lowest BCUT2D eigenvalue weighted by Crippen LogP contribution is -2.56. The van der Waals surface area contributed by atoms with Crippen LogP contribution in [0.25, 0.3) is 0 Å². The van der Waals surface area contributed by atoms with Crippen molar-refractivity contribution in [2.75, 3.05) is 0 Å². The minimum Gasteiger partial charge on any atom is -0.508 e. The van der Waals surface area contributed by atoms with Crippen molar-refractivity contribution in [3.05, 3.63) is 29.3 Å². The Bertz CT molecular complexity index is 747. The van der Waals surface area contributed by atoms with Crippen LogP contribution in [0.5, 0.6) is 5.75 Å². The second-order valence-corrected chi connectivity index (χ2v) is 7.17. The SMILES string of the molecule is CC[C@H](C)[C@H](NC(=O)[C@@H]1Cc2ccc(O)cc2[C@H]2CCC(=O)N21)C(=O)O. The first-order valence-electron chi connectivity index (χ1n) is 8.99. The topological polar surface area (TPSA) is 107 Å². The van der Waals surface area contributed by atoms with E-state index in [2.05, 4.69) is 5.32 Å². The zero-order valence-electron chi connectivity index (χ0n) is 14.9. The molecule has 0 bridgehead atoms. The molecule has 2 aliphatic rings. The molecule has 140 valence electrons. The lowest BCUT2D eigenvalue weighted by atomic mass is 9.87. The number of benzene rings is 1. The first kappa shape index (κ1) is 18.2. The van der Waals surface area contributed by atoms with Crippen LogP contribution in [0.1, 0.15) is 50.3 Å². The number of phenolic OH excluding ortho intramolecular Hbond substituents is 1. The van der Waals surface area contributed by atoms with Gasteiger partial charge in [-0.1, -0.05) is 26.3 Å². The van der Waals surface area contributed by atoms with Gasteiger partial charge in [0, 0.05) is 12.8 Å². The summed E-state index contributed by atoms with van der Waals surface area (Å²) in [6.07, 6.45) is 1.87. The first-order chi connectivity index (χ1) is 12.3. The third kappa shape index (κ3) is 3.13. The van der Waals surface area contributed by atoms with Crippen LogP contribution < -0.4 is 5.32 Å². The van der Waals surface area contributed by atoms with Crippen LogP contribution in [0.2, 0.25) is 0 Å². The Balaban J connectivity index is 1.89. The van der Waals surface area contributed by atoms with Crippen LogP contribution in [-0.2, 0) is 20.8 Å². The molecule has 0 aliphatic carbocycles. The summed E-state index contributed by atoms with van der Waals surface area (Å²) in [5.74, 6) is -1.70. The molecule has 0 unspecified atom stereocenters. The summed E-state index contributed by atoms with van der Waals surface area (Å²) in [7, 11) is 0. The third-order valence-corrected chi connectivity index (χ3v) is 5.57. The number of fused-ring (bicyclic) bond motifs is 3. The summed E-state index contributed by atoms with van der Waals surface area (Å²) >= 11 is 0. The van der Waals surface area contributed by atoms with Crippen molar-refractivity contribution in [2.24, 2.45) is 5.92 Å². The highest BCUT2D eigenvalue weighted by Gasteiger charge is 2.45. The summed E-state index contributed by atoms with van der Waals surface area (Å²) in [4.78, 5) is 38.4. The van der Waals surface area contributed by atoms with Gasteiger partial charge in [-0.3, -0.25) is 9.59 Å². The molecule has 0 radical (unpaired) electrons. The molecular formula is C19H24N2O5. The largest absolute Gasteiger partial charge is 0.508 e. The third-order valence-electron chi connectivity index (χ3n) is 5.57. The van der Waals surface area contributed by atoms with Gasteiger partial charge in [-0.15, -0.1) is 0 Å². The highest BCUT2D eigenvalue weighted by atomic mass is 16.4. The molecule has 0 spiro atoms. The lowest BCUT2D eigenvalue weighted by molar-refractivity contribution is -0.146. The number of carbonyl (C=O) groups excluding carboxylic acids is 2. The lowest BCUT2D eigenvalue weighted by Gasteiger charge is -2.39. The van der Waals surface area contributed by atoms with Crippen molar-refractivity contribution in [3.63, 3.8) is 0 Å². The molecule has 3 N–H and O–H groups in total. The van der Waals surface area contributed by atoms with E-state index < -0.39 is 24.0 Å². The van der Waals surface area contributed by atoms with Crippen LogP contribution in [0.15, 0.2) is 18.2 Å². The normalized spacial score (nSPS) is 23.8. The Hall–Kier alpha value is -2.57. The number of nitrogens with zero attached hydrogens (tertiary/aromatic N) is 1. The molecule has 7 nitrogen and oxygen atoms in total. The van der Waals surface area contributed by atoms with Crippen molar-refractivity contribution < 1.29 is 24.6 Å². The van der Waals surface area contributed by atoms with E-state index in [9.17, 15) is 24.6 Å². The van der Waals surface area contributed by atoms with Crippen LogP contribution in [0.3, 0.4) is 0 Å². The van der Waals surface area contributed by atoms with E-state index in [0.717, 1.165) is 11.1 Å². The number of nitrogens with one attached hydrogen (secondary N) is 1. The molecule has 1 aromatic carbocycles. The number of phenols is 1. The number of hydrogen-bond donors (Lipinski definition) is 3. The van der Waals surface area contributed by atoms with E-state index in [4.69, 9.17) is 0 Å².